The number of ketones is 1. The van der Waals surface area contributed by atoms with E-state index in [0.717, 1.165) is 13.1 Å². The smallest absolute Gasteiger partial charge is 0.254 e. The standard InChI is InChI=1S/C14H17N5O2S/c1-10(20)11-9-16-13(22-11)18-12(21)14(3-6-15-7-4-14)19-8-2-5-17-19/h2,5,8-9,15H,3-4,6-7H2,1H3,(H,16,18,21). The SMILES string of the molecule is CC(=O)c1cnc(NC(=O)C2(n3cccn3)CCNCC2)s1. The molecule has 0 atom stereocenters. The first-order chi connectivity index (χ1) is 10.6. The van der Waals surface area contributed by atoms with Gasteiger partial charge < -0.3 is 5.32 Å². The van der Waals surface area contributed by atoms with Crippen LogP contribution in [0.15, 0.2) is 24.7 Å². The van der Waals surface area contributed by atoms with E-state index >= 15 is 0 Å². The van der Waals surface area contributed by atoms with Crippen LogP contribution >= 0.6 is 11.3 Å². The quantitative estimate of drug-likeness (QED) is 0.828. The number of Topliss-reactive ketones (excluding diaryl/α,β-unsaturated/α-hetero) is 1. The molecule has 1 aliphatic heterocycles. The van der Waals surface area contributed by atoms with Crippen LogP contribution in [0.5, 0.6) is 0 Å². The number of thiazole rings is 1. The molecule has 0 spiro atoms. The fraction of sp³-hybridized carbons (Fsp3) is 0.429. The van der Waals surface area contributed by atoms with Crippen molar-refractivity contribution in [3.8, 4) is 0 Å². The number of aromatic nitrogens is 3. The lowest BCUT2D eigenvalue weighted by Crippen LogP contribution is -2.52. The summed E-state index contributed by atoms with van der Waals surface area (Å²) >= 11 is 1.19. The lowest BCUT2D eigenvalue weighted by molar-refractivity contribution is -0.126. The Bertz CT molecular complexity index is 673. The maximum absolute atomic E-state index is 12.8. The summed E-state index contributed by atoms with van der Waals surface area (Å²) in [4.78, 5) is 28.8. The van der Waals surface area contributed by atoms with Gasteiger partial charge in [-0.15, -0.1) is 0 Å². The molecule has 2 aromatic heterocycles. The van der Waals surface area contributed by atoms with Gasteiger partial charge in [-0.3, -0.25) is 19.6 Å². The number of carbonyl (C=O) groups is 2. The van der Waals surface area contributed by atoms with Gasteiger partial charge in [-0.25, -0.2) is 4.98 Å². The van der Waals surface area contributed by atoms with Crippen molar-refractivity contribution in [2.45, 2.75) is 25.3 Å². The summed E-state index contributed by atoms with van der Waals surface area (Å²) in [7, 11) is 0. The lowest BCUT2D eigenvalue weighted by Gasteiger charge is -2.36. The maximum Gasteiger partial charge on any atom is 0.254 e. The van der Waals surface area contributed by atoms with Crippen LogP contribution in [0.4, 0.5) is 5.13 Å². The third-order valence-electron chi connectivity index (χ3n) is 3.87. The highest BCUT2D eigenvalue weighted by molar-refractivity contribution is 7.17. The van der Waals surface area contributed by atoms with Gasteiger partial charge in [-0.2, -0.15) is 5.10 Å². The van der Waals surface area contributed by atoms with E-state index in [1.54, 1.807) is 10.9 Å². The summed E-state index contributed by atoms with van der Waals surface area (Å²) in [6, 6.07) is 1.81. The zero-order valence-electron chi connectivity index (χ0n) is 12.2. The van der Waals surface area contributed by atoms with Gasteiger partial charge in [0.1, 0.15) is 5.54 Å². The van der Waals surface area contributed by atoms with E-state index in [4.69, 9.17) is 0 Å². The average Bonchev–Trinajstić information content (AvgIpc) is 3.19. The molecule has 3 heterocycles. The Morgan fingerprint density at radius 2 is 2.18 bits per heavy atom. The first-order valence-corrected chi connectivity index (χ1v) is 7.92. The topological polar surface area (TPSA) is 88.9 Å². The zero-order valence-corrected chi connectivity index (χ0v) is 13.0. The van der Waals surface area contributed by atoms with Crippen molar-refractivity contribution in [1.29, 1.82) is 0 Å². The van der Waals surface area contributed by atoms with Crippen LogP contribution in [0.2, 0.25) is 0 Å². The number of anilines is 1. The minimum Gasteiger partial charge on any atom is -0.317 e. The van der Waals surface area contributed by atoms with E-state index in [1.807, 2.05) is 12.3 Å². The molecule has 3 rings (SSSR count). The largest absolute Gasteiger partial charge is 0.317 e. The minimum atomic E-state index is -0.712. The predicted molar refractivity (Wildman–Crippen MR) is 83.1 cm³/mol. The molecule has 1 fully saturated rings. The minimum absolute atomic E-state index is 0.0540. The summed E-state index contributed by atoms with van der Waals surface area (Å²) in [5.41, 5.74) is -0.712. The first kappa shape index (κ1) is 14.9. The number of amides is 1. The number of hydrogen-bond donors (Lipinski definition) is 2. The van der Waals surface area contributed by atoms with Crippen LogP contribution in [0, 0.1) is 0 Å². The van der Waals surface area contributed by atoms with Crippen LogP contribution in [0.3, 0.4) is 0 Å². The second-order valence-electron chi connectivity index (χ2n) is 5.27. The van der Waals surface area contributed by atoms with Crippen molar-refractivity contribution in [3.63, 3.8) is 0 Å². The molecule has 116 valence electrons. The van der Waals surface area contributed by atoms with E-state index in [2.05, 4.69) is 20.7 Å². The molecular formula is C14H17N5O2S. The normalized spacial score (nSPS) is 17.1. The van der Waals surface area contributed by atoms with Gasteiger partial charge in [0.05, 0.1) is 11.1 Å². The molecule has 0 radical (unpaired) electrons. The summed E-state index contributed by atoms with van der Waals surface area (Å²) in [6.07, 6.45) is 6.30. The number of piperidine rings is 1. The average molecular weight is 319 g/mol. The van der Waals surface area contributed by atoms with Crippen LogP contribution in [-0.2, 0) is 10.3 Å². The van der Waals surface area contributed by atoms with E-state index in [9.17, 15) is 9.59 Å². The Labute approximate surface area is 131 Å². The Morgan fingerprint density at radius 1 is 1.41 bits per heavy atom. The molecule has 1 aliphatic rings. The summed E-state index contributed by atoms with van der Waals surface area (Å²) < 4.78 is 1.72. The number of hydrogen-bond acceptors (Lipinski definition) is 6. The Hall–Kier alpha value is -2.06. The van der Waals surface area contributed by atoms with Crippen molar-refractivity contribution in [1.82, 2.24) is 20.1 Å². The second-order valence-corrected chi connectivity index (χ2v) is 6.30. The highest BCUT2D eigenvalue weighted by Gasteiger charge is 2.42. The maximum atomic E-state index is 12.8. The fourth-order valence-corrected chi connectivity index (χ4v) is 3.34. The summed E-state index contributed by atoms with van der Waals surface area (Å²) in [6.45, 7) is 2.99. The van der Waals surface area contributed by atoms with Crippen LogP contribution in [-0.4, -0.2) is 39.5 Å². The molecule has 0 saturated carbocycles. The first-order valence-electron chi connectivity index (χ1n) is 7.11. The van der Waals surface area contributed by atoms with Gasteiger partial charge in [-0.05, 0) is 32.0 Å². The second kappa shape index (κ2) is 5.98. The van der Waals surface area contributed by atoms with Crippen molar-refractivity contribution < 1.29 is 9.59 Å². The van der Waals surface area contributed by atoms with Crippen LogP contribution in [0.25, 0.3) is 0 Å². The summed E-state index contributed by atoms with van der Waals surface area (Å²) in [5.74, 6) is -0.191. The van der Waals surface area contributed by atoms with Gasteiger partial charge in [0, 0.05) is 19.3 Å². The van der Waals surface area contributed by atoms with Gasteiger partial charge >= 0.3 is 0 Å². The van der Waals surface area contributed by atoms with Crippen molar-refractivity contribution >= 4 is 28.2 Å². The van der Waals surface area contributed by atoms with E-state index in [1.165, 1.54) is 24.5 Å². The molecule has 8 heteroatoms. The van der Waals surface area contributed by atoms with E-state index in [0.29, 0.717) is 22.9 Å². The number of nitrogens with one attached hydrogen (secondary N) is 2. The van der Waals surface area contributed by atoms with Crippen molar-refractivity contribution in [3.05, 3.63) is 29.5 Å². The van der Waals surface area contributed by atoms with E-state index in [-0.39, 0.29) is 11.7 Å². The molecule has 0 aromatic carbocycles. The van der Waals surface area contributed by atoms with Gasteiger partial charge in [0.25, 0.3) is 5.91 Å². The van der Waals surface area contributed by atoms with Crippen molar-refractivity contribution in [2.24, 2.45) is 0 Å². The van der Waals surface area contributed by atoms with Crippen molar-refractivity contribution in [2.75, 3.05) is 18.4 Å². The molecule has 7 nitrogen and oxygen atoms in total. The molecule has 2 aromatic rings. The monoisotopic (exact) mass is 319 g/mol. The molecule has 22 heavy (non-hydrogen) atoms. The Balaban J connectivity index is 1.84. The third-order valence-corrected chi connectivity index (χ3v) is 4.88. The molecular weight excluding hydrogens is 302 g/mol. The molecule has 0 unspecified atom stereocenters. The molecule has 2 N–H and O–H groups in total. The van der Waals surface area contributed by atoms with Gasteiger partial charge in [-0.1, -0.05) is 11.3 Å². The lowest BCUT2D eigenvalue weighted by atomic mass is 9.87. The Morgan fingerprint density at radius 3 is 2.77 bits per heavy atom. The highest BCUT2D eigenvalue weighted by Crippen LogP contribution is 2.29. The fourth-order valence-electron chi connectivity index (χ4n) is 2.63. The molecule has 0 aliphatic carbocycles. The van der Waals surface area contributed by atoms with Crippen LogP contribution in [0.1, 0.15) is 29.4 Å². The number of nitrogens with zero attached hydrogens (tertiary/aromatic N) is 3. The third kappa shape index (κ3) is 2.67. The molecule has 1 amide bonds. The number of rotatable bonds is 4. The number of carbonyl (C=O) groups excluding carboxylic acids is 2. The predicted octanol–water partition coefficient (Wildman–Crippen LogP) is 1.26. The zero-order chi connectivity index (χ0) is 15.6. The van der Waals surface area contributed by atoms with Gasteiger partial charge in [0.2, 0.25) is 0 Å². The Kier molecular flexibility index (Phi) is 4.04. The van der Waals surface area contributed by atoms with Gasteiger partial charge in [0.15, 0.2) is 10.9 Å². The van der Waals surface area contributed by atoms with E-state index < -0.39 is 5.54 Å². The molecule has 1 saturated heterocycles. The van der Waals surface area contributed by atoms with Crippen LogP contribution < -0.4 is 10.6 Å². The highest BCUT2D eigenvalue weighted by atomic mass is 32.1. The molecule has 0 bridgehead atoms. The summed E-state index contributed by atoms with van der Waals surface area (Å²) in [5, 5.41) is 10.8.